The summed E-state index contributed by atoms with van der Waals surface area (Å²) in [5.74, 6) is 1.13. The Morgan fingerprint density at radius 1 is 1.14 bits per heavy atom. The SMILES string of the molecule is CNc1nc(-c2ccc(C(C)(C)C)cc2)nc2cc(=O)[nH]n12. The zero-order valence-corrected chi connectivity index (χ0v) is 13.1. The average Bonchev–Trinajstić information content (AvgIpc) is 2.85. The molecule has 2 heterocycles. The summed E-state index contributed by atoms with van der Waals surface area (Å²) in [6, 6.07) is 9.65. The van der Waals surface area contributed by atoms with Gasteiger partial charge in [-0.05, 0) is 11.0 Å². The Hall–Kier alpha value is -2.63. The minimum absolute atomic E-state index is 0.105. The summed E-state index contributed by atoms with van der Waals surface area (Å²) in [5, 5.41) is 5.63. The van der Waals surface area contributed by atoms with E-state index in [0.29, 0.717) is 17.4 Å². The van der Waals surface area contributed by atoms with Crippen LogP contribution in [0, 0.1) is 0 Å². The highest BCUT2D eigenvalue weighted by Crippen LogP contribution is 2.25. The fourth-order valence-electron chi connectivity index (χ4n) is 2.33. The van der Waals surface area contributed by atoms with Crippen molar-refractivity contribution >= 4 is 11.6 Å². The Labute approximate surface area is 128 Å². The van der Waals surface area contributed by atoms with Gasteiger partial charge in [-0.15, -0.1) is 0 Å². The molecule has 0 unspecified atom stereocenters. The van der Waals surface area contributed by atoms with Crippen molar-refractivity contribution < 1.29 is 0 Å². The Kier molecular flexibility index (Phi) is 3.24. The molecule has 2 aromatic heterocycles. The molecule has 0 saturated carbocycles. The standard InChI is InChI=1S/C16H19N5O/c1-16(2,3)11-7-5-10(6-8-11)14-18-12-9-13(22)20-21(12)15(17-4)19-14/h5-9H,1-4H3,(H,20,22)(H,17,18,19). The van der Waals surface area contributed by atoms with E-state index >= 15 is 0 Å². The lowest BCUT2D eigenvalue weighted by Gasteiger charge is -2.19. The predicted octanol–water partition coefficient (Wildman–Crippen LogP) is 2.42. The van der Waals surface area contributed by atoms with Crippen molar-refractivity contribution in [3.63, 3.8) is 0 Å². The number of aromatic amines is 1. The van der Waals surface area contributed by atoms with Gasteiger partial charge in [0.1, 0.15) is 0 Å². The number of anilines is 1. The first-order valence-electron chi connectivity index (χ1n) is 7.17. The van der Waals surface area contributed by atoms with Crippen LogP contribution < -0.4 is 10.9 Å². The van der Waals surface area contributed by atoms with Gasteiger partial charge < -0.3 is 5.32 Å². The van der Waals surface area contributed by atoms with Crippen molar-refractivity contribution in [3.8, 4) is 11.4 Å². The maximum atomic E-state index is 11.5. The van der Waals surface area contributed by atoms with Gasteiger partial charge in [-0.25, -0.2) is 9.50 Å². The van der Waals surface area contributed by atoms with Crippen LogP contribution in [0.4, 0.5) is 5.95 Å². The van der Waals surface area contributed by atoms with Gasteiger partial charge in [-0.3, -0.25) is 9.89 Å². The molecule has 3 aromatic rings. The molecule has 0 aliphatic rings. The van der Waals surface area contributed by atoms with Crippen molar-refractivity contribution in [2.24, 2.45) is 0 Å². The van der Waals surface area contributed by atoms with Gasteiger partial charge in [0.2, 0.25) is 5.95 Å². The van der Waals surface area contributed by atoms with E-state index in [2.05, 4.69) is 53.3 Å². The van der Waals surface area contributed by atoms with Gasteiger partial charge in [-0.2, -0.15) is 4.98 Å². The van der Waals surface area contributed by atoms with Gasteiger partial charge in [0.05, 0.1) is 0 Å². The molecule has 2 N–H and O–H groups in total. The molecule has 1 aromatic carbocycles. The van der Waals surface area contributed by atoms with Crippen LogP contribution in [0.1, 0.15) is 26.3 Å². The molecule has 0 amide bonds. The summed E-state index contributed by atoms with van der Waals surface area (Å²) < 4.78 is 1.54. The second-order valence-electron chi connectivity index (χ2n) is 6.26. The number of H-pyrrole nitrogens is 1. The molecule has 0 spiro atoms. The molecule has 0 bridgehead atoms. The molecule has 114 valence electrons. The van der Waals surface area contributed by atoms with Crippen molar-refractivity contribution in [3.05, 3.63) is 46.2 Å². The fraction of sp³-hybridized carbons (Fsp3) is 0.312. The third-order valence-corrected chi connectivity index (χ3v) is 3.59. The molecule has 0 aliphatic heterocycles. The van der Waals surface area contributed by atoms with Crippen molar-refractivity contribution in [2.45, 2.75) is 26.2 Å². The van der Waals surface area contributed by atoms with Crippen LogP contribution >= 0.6 is 0 Å². The highest BCUT2D eigenvalue weighted by molar-refractivity contribution is 5.60. The molecule has 22 heavy (non-hydrogen) atoms. The summed E-state index contributed by atoms with van der Waals surface area (Å²) >= 11 is 0. The molecular weight excluding hydrogens is 278 g/mol. The van der Waals surface area contributed by atoms with Gasteiger partial charge in [-0.1, -0.05) is 45.0 Å². The summed E-state index contributed by atoms with van der Waals surface area (Å²) in [4.78, 5) is 20.4. The third kappa shape index (κ3) is 2.47. The van der Waals surface area contributed by atoms with E-state index in [4.69, 9.17) is 0 Å². The maximum Gasteiger partial charge on any atom is 0.266 e. The molecular formula is C16H19N5O. The van der Waals surface area contributed by atoms with Crippen LogP contribution in [0.5, 0.6) is 0 Å². The minimum atomic E-state index is -0.203. The normalized spacial score (nSPS) is 11.8. The quantitative estimate of drug-likeness (QED) is 0.761. The topological polar surface area (TPSA) is 75.1 Å². The van der Waals surface area contributed by atoms with E-state index in [-0.39, 0.29) is 11.0 Å². The molecule has 0 radical (unpaired) electrons. The molecule has 0 fully saturated rings. The summed E-state index contributed by atoms with van der Waals surface area (Å²) in [6.07, 6.45) is 0. The lowest BCUT2D eigenvalue weighted by atomic mass is 9.87. The van der Waals surface area contributed by atoms with Gasteiger partial charge in [0, 0.05) is 18.7 Å². The molecule has 0 saturated heterocycles. The zero-order valence-electron chi connectivity index (χ0n) is 13.1. The number of fused-ring (bicyclic) bond motifs is 1. The first-order chi connectivity index (χ1) is 10.4. The zero-order chi connectivity index (χ0) is 15.9. The Balaban J connectivity index is 2.11. The van der Waals surface area contributed by atoms with E-state index < -0.39 is 0 Å². The molecule has 0 aliphatic carbocycles. The van der Waals surface area contributed by atoms with E-state index in [0.717, 1.165) is 5.56 Å². The van der Waals surface area contributed by atoms with Gasteiger partial charge >= 0.3 is 0 Å². The first-order valence-corrected chi connectivity index (χ1v) is 7.17. The minimum Gasteiger partial charge on any atom is -0.357 e. The number of hydrogen-bond acceptors (Lipinski definition) is 4. The van der Waals surface area contributed by atoms with Crippen LogP contribution in [0.3, 0.4) is 0 Å². The molecule has 6 heteroatoms. The summed E-state index contributed by atoms with van der Waals surface area (Å²) in [7, 11) is 1.76. The number of nitrogens with zero attached hydrogens (tertiary/aromatic N) is 3. The monoisotopic (exact) mass is 297 g/mol. The highest BCUT2D eigenvalue weighted by Gasteiger charge is 2.14. The lowest BCUT2D eigenvalue weighted by molar-refractivity contribution is 0.590. The number of benzene rings is 1. The Morgan fingerprint density at radius 3 is 2.41 bits per heavy atom. The van der Waals surface area contributed by atoms with E-state index in [1.54, 1.807) is 7.05 Å². The second kappa shape index (κ2) is 4.98. The highest BCUT2D eigenvalue weighted by atomic mass is 16.1. The average molecular weight is 297 g/mol. The first kappa shape index (κ1) is 14.3. The van der Waals surface area contributed by atoms with Crippen molar-refractivity contribution in [1.82, 2.24) is 19.6 Å². The molecule has 6 nitrogen and oxygen atoms in total. The number of aromatic nitrogens is 4. The molecule has 0 atom stereocenters. The van der Waals surface area contributed by atoms with E-state index in [1.807, 2.05) is 12.1 Å². The van der Waals surface area contributed by atoms with Crippen LogP contribution in [0.2, 0.25) is 0 Å². The summed E-state index contributed by atoms with van der Waals surface area (Å²) in [6.45, 7) is 6.53. The van der Waals surface area contributed by atoms with Crippen LogP contribution in [0.25, 0.3) is 17.0 Å². The van der Waals surface area contributed by atoms with Crippen LogP contribution in [-0.4, -0.2) is 26.6 Å². The number of nitrogens with one attached hydrogen (secondary N) is 2. The number of rotatable bonds is 2. The molecule has 3 rings (SSSR count). The van der Waals surface area contributed by atoms with E-state index in [9.17, 15) is 4.79 Å². The fourth-order valence-corrected chi connectivity index (χ4v) is 2.33. The maximum absolute atomic E-state index is 11.5. The Morgan fingerprint density at radius 2 is 1.82 bits per heavy atom. The Bertz CT molecular complexity index is 868. The number of hydrogen-bond donors (Lipinski definition) is 2. The van der Waals surface area contributed by atoms with Crippen molar-refractivity contribution in [2.75, 3.05) is 12.4 Å². The third-order valence-electron chi connectivity index (χ3n) is 3.59. The largest absolute Gasteiger partial charge is 0.357 e. The second-order valence-corrected chi connectivity index (χ2v) is 6.26. The smallest absolute Gasteiger partial charge is 0.266 e. The van der Waals surface area contributed by atoms with Gasteiger partial charge in [0.25, 0.3) is 5.56 Å². The van der Waals surface area contributed by atoms with Crippen LogP contribution in [-0.2, 0) is 5.41 Å². The summed E-state index contributed by atoms with van der Waals surface area (Å²) in [5.41, 5.74) is 2.61. The van der Waals surface area contributed by atoms with E-state index in [1.165, 1.54) is 16.1 Å². The van der Waals surface area contributed by atoms with Crippen molar-refractivity contribution in [1.29, 1.82) is 0 Å². The predicted molar refractivity (Wildman–Crippen MR) is 87.3 cm³/mol. The lowest BCUT2D eigenvalue weighted by Crippen LogP contribution is -2.10. The van der Waals surface area contributed by atoms with Crippen LogP contribution in [0.15, 0.2) is 35.1 Å². The van der Waals surface area contributed by atoms with Gasteiger partial charge in [0.15, 0.2) is 11.5 Å².